The Bertz CT molecular complexity index is 193. The van der Waals surface area contributed by atoms with E-state index in [2.05, 4.69) is 0 Å². The van der Waals surface area contributed by atoms with E-state index in [9.17, 15) is 0 Å². The highest BCUT2D eigenvalue weighted by Crippen LogP contribution is 2.33. The van der Waals surface area contributed by atoms with Crippen molar-refractivity contribution in [3.8, 4) is 0 Å². The molecule has 0 aromatic heterocycles. The van der Waals surface area contributed by atoms with Crippen molar-refractivity contribution in [1.29, 1.82) is 0 Å². The van der Waals surface area contributed by atoms with Gasteiger partial charge >= 0.3 is 0 Å². The van der Waals surface area contributed by atoms with Crippen LogP contribution in [-0.4, -0.2) is 38.0 Å². The molecule has 1 unspecified atom stereocenters. The van der Waals surface area contributed by atoms with E-state index < -0.39 is 5.79 Å². The van der Waals surface area contributed by atoms with Crippen LogP contribution in [0.4, 0.5) is 0 Å². The molecule has 3 atom stereocenters. The second kappa shape index (κ2) is 5.25. The van der Waals surface area contributed by atoms with Crippen LogP contribution in [0.3, 0.4) is 0 Å². The number of hydrogen-bond acceptors (Lipinski definition) is 4. The predicted octanol–water partition coefficient (Wildman–Crippen LogP) is 1.93. The maximum absolute atomic E-state index is 5.70. The number of rotatable bonds is 1. The Morgan fingerprint density at radius 1 is 1.13 bits per heavy atom. The van der Waals surface area contributed by atoms with Gasteiger partial charge in [-0.3, -0.25) is 0 Å². The molecule has 2 saturated heterocycles. The monoisotopic (exact) mass is 218 g/mol. The summed E-state index contributed by atoms with van der Waals surface area (Å²) in [7, 11) is 1.64. The SMILES string of the molecule is CC.COC1C[C@H]2OC(C)(C)O[C@H]2CO1. The van der Waals surface area contributed by atoms with Gasteiger partial charge in [0.2, 0.25) is 0 Å². The normalized spacial score (nSPS) is 37.8. The molecule has 2 fully saturated rings. The Labute approximate surface area is 91.8 Å². The van der Waals surface area contributed by atoms with Crippen molar-refractivity contribution >= 4 is 0 Å². The molecule has 2 aliphatic heterocycles. The van der Waals surface area contributed by atoms with Gasteiger partial charge in [0.05, 0.1) is 12.7 Å². The minimum atomic E-state index is -0.471. The zero-order valence-electron chi connectivity index (χ0n) is 10.3. The quantitative estimate of drug-likeness (QED) is 0.674. The molecule has 2 aliphatic rings. The zero-order chi connectivity index (χ0) is 11.5. The van der Waals surface area contributed by atoms with Gasteiger partial charge in [-0.2, -0.15) is 0 Å². The number of methoxy groups -OCH3 is 1. The highest BCUT2D eigenvalue weighted by molar-refractivity contribution is 4.85. The Morgan fingerprint density at radius 2 is 1.73 bits per heavy atom. The Hall–Kier alpha value is -0.160. The lowest BCUT2D eigenvalue weighted by Crippen LogP contribution is -2.39. The molecule has 15 heavy (non-hydrogen) atoms. The van der Waals surface area contributed by atoms with E-state index in [4.69, 9.17) is 18.9 Å². The third-order valence-corrected chi connectivity index (χ3v) is 2.42. The highest BCUT2D eigenvalue weighted by Gasteiger charge is 2.45. The lowest BCUT2D eigenvalue weighted by molar-refractivity contribution is -0.183. The van der Waals surface area contributed by atoms with Crippen molar-refractivity contribution in [2.45, 2.75) is 58.4 Å². The Kier molecular flexibility index (Phi) is 4.52. The minimum Gasteiger partial charge on any atom is -0.356 e. The van der Waals surface area contributed by atoms with Gasteiger partial charge in [0.25, 0.3) is 0 Å². The summed E-state index contributed by atoms with van der Waals surface area (Å²) in [4.78, 5) is 0. The molecule has 2 rings (SSSR count). The van der Waals surface area contributed by atoms with E-state index in [0.717, 1.165) is 6.42 Å². The highest BCUT2D eigenvalue weighted by atomic mass is 16.8. The summed E-state index contributed by atoms with van der Waals surface area (Å²) in [6.45, 7) is 8.41. The molecule has 0 saturated carbocycles. The van der Waals surface area contributed by atoms with Crippen LogP contribution in [0, 0.1) is 0 Å². The van der Waals surface area contributed by atoms with E-state index in [-0.39, 0.29) is 18.5 Å². The first-order valence-electron chi connectivity index (χ1n) is 5.61. The molecule has 90 valence electrons. The van der Waals surface area contributed by atoms with Gasteiger partial charge in [0, 0.05) is 13.5 Å². The molecule has 0 bridgehead atoms. The zero-order valence-corrected chi connectivity index (χ0v) is 10.3. The molecule has 0 aromatic rings. The summed E-state index contributed by atoms with van der Waals surface area (Å²) in [5.41, 5.74) is 0. The fraction of sp³-hybridized carbons (Fsp3) is 1.00. The third-order valence-electron chi connectivity index (χ3n) is 2.42. The fourth-order valence-corrected chi connectivity index (χ4v) is 1.87. The van der Waals surface area contributed by atoms with Crippen LogP contribution in [0.25, 0.3) is 0 Å². The molecule has 0 radical (unpaired) electrons. The third kappa shape index (κ3) is 3.14. The summed E-state index contributed by atoms with van der Waals surface area (Å²) in [5.74, 6) is -0.471. The number of hydrogen-bond donors (Lipinski definition) is 0. The first-order chi connectivity index (χ1) is 7.11. The van der Waals surface area contributed by atoms with E-state index in [1.165, 1.54) is 0 Å². The van der Waals surface area contributed by atoms with E-state index in [0.29, 0.717) is 6.61 Å². The van der Waals surface area contributed by atoms with Crippen LogP contribution < -0.4 is 0 Å². The van der Waals surface area contributed by atoms with Gasteiger partial charge in [0.15, 0.2) is 12.1 Å². The molecular weight excluding hydrogens is 196 g/mol. The topological polar surface area (TPSA) is 36.9 Å². The molecule has 4 nitrogen and oxygen atoms in total. The average Bonchev–Trinajstić information content (AvgIpc) is 2.53. The average molecular weight is 218 g/mol. The van der Waals surface area contributed by atoms with Gasteiger partial charge in [-0.25, -0.2) is 0 Å². The van der Waals surface area contributed by atoms with Crippen molar-refractivity contribution in [3.05, 3.63) is 0 Å². The van der Waals surface area contributed by atoms with E-state index in [1.54, 1.807) is 7.11 Å². The summed E-state index contributed by atoms with van der Waals surface area (Å²) in [6, 6.07) is 0. The first kappa shape index (κ1) is 12.9. The van der Waals surface area contributed by atoms with Crippen LogP contribution in [0.15, 0.2) is 0 Å². The standard InChI is InChI=1S/C9H16O4.C2H6/c1-9(2)12-6-4-8(10-3)11-5-7(6)13-9;1-2/h6-8H,4-5H2,1-3H3;1-2H3/t6-,7+,8?;/m1./s1. The second-order valence-corrected chi connectivity index (χ2v) is 3.95. The minimum absolute atomic E-state index is 0.0707. The van der Waals surface area contributed by atoms with Gasteiger partial charge in [-0.05, 0) is 13.8 Å². The van der Waals surface area contributed by atoms with E-state index in [1.807, 2.05) is 27.7 Å². The van der Waals surface area contributed by atoms with E-state index >= 15 is 0 Å². The van der Waals surface area contributed by atoms with Crippen LogP contribution in [0.5, 0.6) is 0 Å². The Balaban J connectivity index is 0.000000531. The molecule has 0 amide bonds. The van der Waals surface area contributed by atoms with Crippen molar-refractivity contribution in [2.24, 2.45) is 0 Å². The van der Waals surface area contributed by atoms with Gasteiger partial charge in [-0.1, -0.05) is 13.8 Å². The molecular formula is C11H22O4. The summed E-state index contributed by atoms with van der Waals surface area (Å²) >= 11 is 0. The van der Waals surface area contributed by atoms with Crippen molar-refractivity contribution in [2.75, 3.05) is 13.7 Å². The predicted molar refractivity (Wildman–Crippen MR) is 56.5 cm³/mol. The molecule has 2 heterocycles. The summed E-state index contributed by atoms with van der Waals surface area (Å²) in [5, 5.41) is 0. The summed E-state index contributed by atoms with van der Waals surface area (Å²) in [6.07, 6.45) is 0.804. The van der Waals surface area contributed by atoms with Crippen molar-refractivity contribution in [1.82, 2.24) is 0 Å². The smallest absolute Gasteiger partial charge is 0.163 e. The van der Waals surface area contributed by atoms with Gasteiger partial charge in [0.1, 0.15) is 6.10 Å². The maximum Gasteiger partial charge on any atom is 0.163 e. The number of ether oxygens (including phenoxy) is 4. The molecule has 0 aromatic carbocycles. The Morgan fingerprint density at radius 3 is 2.33 bits per heavy atom. The first-order valence-corrected chi connectivity index (χ1v) is 5.61. The molecule has 4 heteroatoms. The lowest BCUT2D eigenvalue weighted by atomic mass is 10.1. The van der Waals surface area contributed by atoms with Crippen molar-refractivity contribution < 1.29 is 18.9 Å². The van der Waals surface area contributed by atoms with Gasteiger partial charge in [-0.15, -0.1) is 0 Å². The maximum atomic E-state index is 5.70. The van der Waals surface area contributed by atoms with Gasteiger partial charge < -0.3 is 18.9 Å². The molecule has 0 aliphatic carbocycles. The lowest BCUT2D eigenvalue weighted by Gasteiger charge is -2.28. The summed E-state index contributed by atoms with van der Waals surface area (Å²) < 4.78 is 21.9. The fourth-order valence-electron chi connectivity index (χ4n) is 1.87. The molecule has 0 spiro atoms. The van der Waals surface area contributed by atoms with Crippen LogP contribution in [0.1, 0.15) is 34.1 Å². The van der Waals surface area contributed by atoms with Crippen LogP contribution >= 0.6 is 0 Å². The van der Waals surface area contributed by atoms with Crippen LogP contribution in [0.2, 0.25) is 0 Å². The largest absolute Gasteiger partial charge is 0.356 e. The van der Waals surface area contributed by atoms with Crippen molar-refractivity contribution in [3.63, 3.8) is 0 Å². The molecule has 0 N–H and O–H groups in total. The number of fused-ring (bicyclic) bond motifs is 1. The van der Waals surface area contributed by atoms with Crippen LogP contribution in [-0.2, 0) is 18.9 Å². The second-order valence-electron chi connectivity index (χ2n) is 3.95.